The first-order chi connectivity index (χ1) is 20.3. The Labute approximate surface area is 250 Å². The van der Waals surface area contributed by atoms with Crippen LogP contribution in [0.4, 0.5) is 4.39 Å². The molecule has 3 aromatic heterocycles. The van der Waals surface area contributed by atoms with Gasteiger partial charge in [0, 0.05) is 0 Å². The number of aryl methyl sites for hydroxylation is 1. The molecule has 1 amide bonds. The third kappa shape index (κ3) is 5.73. The Morgan fingerprint density at radius 2 is 2.00 bits per heavy atom. The molecule has 0 spiro atoms. The van der Waals surface area contributed by atoms with Gasteiger partial charge in [-0.05, 0) is 0 Å². The fourth-order valence-electron chi connectivity index (χ4n) is 4.71. The molecule has 0 aliphatic heterocycles. The van der Waals surface area contributed by atoms with Gasteiger partial charge < -0.3 is 0 Å². The number of allylic oxidation sites excluding steroid dienone is 1. The predicted molar refractivity (Wildman–Crippen MR) is 154 cm³/mol. The van der Waals surface area contributed by atoms with Gasteiger partial charge in [0.1, 0.15) is 0 Å². The Morgan fingerprint density at radius 3 is 2.71 bits per heavy atom. The van der Waals surface area contributed by atoms with Gasteiger partial charge in [-0.1, -0.05) is 0 Å². The first-order valence-electron chi connectivity index (χ1n) is 13.2. The van der Waals surface area contributed by atoms with Crippen molar-refractivity contribution in [2.45, 2.75) is 25.3 Å². The Hall–Kier alpha value is -4.63. The molecule has 1 fully saturated rings. The third-order valence-electron chi connectivity index (χ3n) is 7.01. The van der Waals surface area contributed by atoms with E-state index in [4.69, 9.17) is 0 Å². The predicted octanol–water partition coefficient (Wildman–Crippen LogP) is 3.89. The number of aromatic nitrogens is 6. The number of carbonyl (C=O) groups excluding carboxylic acids is 1. The number of nitrogens with one attached hydrogen (secondary N) is 2. The second-order valence-electron chi connectivity index (χ2n) is 10.1. The zero-order chi connectivity index (χ0) is 29.4. The number of nitrogens with zero attached hydrogens (tertiary/aromatic N) is 6. The fraction of sp³-hybridized carbons (Fsp3) is 0.167. The van der Waals surface area contributed by atoms with E-state index in [1.807, 2.05) is 24.1 Å². The second-order valence-corrected chi connectivity index (χ2v) is 11.5. The summed E-state index contributed by atoms with van der Waals surface area (Å²) in [6.07, 6.45) is 11.0. The number of benzene rings is 2. The van der Waals surface area contributed by atoms with E-state index >= 15 is 0 Å². The molecule has 2 N–H and O–H groups in total. The SMILES string of the molecule is C=C(C=N[C](=[W])NC(=O)c1nn(C2CC2)cc(-c2ccc(F)cc2)c1=O)Cc1cc2cnn(C)c2cc1-c1cn[nH]c1. The Bertz CT molecular complexity index is 1940. The van der Waals surface area contributed by atoms with Crippen LogP contribution < -0.4 is 10.7 Å². The van der Waals surface area contributed by atoms with Crippen molar-refractivity contribution in [1.82, 2.24) is 35.1 Å². The molecule has 0 unspecified atom stereocenters. The molecule has 3 heterocycles. The summed E-state index contributed by atoms with van der Waals surface area (Å²) in [7, 11) is 1.90. The van der Waals surface area contributed by atoms with Gasteiger partial charge in [-0.25, -0.2) is 0 Å². The van der Waals surface area contributed by atoms with Gasteiger partial charge in [0.25, 0.3) is 0 Å². The van der Waals surface area contributed by atoms with Crippen LogP contribution in [0.15, 0.2) is 83.1 Å². The van der Waals surface area contributed by atoms with Crippen LogP contribution in [0.2, 0.25) is 0 Å². The first-order valence-corrected chi connectivity index (χ1v) is 14.6. The summed E-state index contributed by atoms with van der Waals surface area (Å²) in [6.45, 7) is 4.17. The van der Waals surface area contributed by atoms with Crippen LogP contribution in [0.5, 0.6) is 0 Å². The van der Waals surface area contributed by atoms with Crippen LogP contribution in [0.3, 0.4) is 0 Å². The molecule has 210 valence electrons. The normalized spacial score (nSPS) is 13.1. The molecule has 42 heavy (non-hydrogen) atoms. The second kappa shape index (κ2) is 11.3. The number of amides is 1. The molecule has 1 aliphatic rings. The van der Waals surface area contributed by atoms with Gasteiger partial charge in [0.05, 0.1) is 0 Å². The summed E-state index contributed by atoms with van der Waals surface area (Å²) >= 11 is 0.899. The minimum atomic E-state index is -0.643. The van der Waals surface area contributed by atoms with Crippen molar-refractivity contribution in [3.05, 3.63) is 101 Å². The minimum absolute atomic E-state index is 0.131. The molecule has 0 atom stereocenters. The summed E-state index contributed by atoms with van der Waals surface area (Å²) in [6, 6.07) is 9.90. The van der Waals surface area contributed by atoms with Crippen molar-refractivity contribution in [1.29, 1.82) is 0 Å². The van der Waals surface area contributed by atoms with E-state index in [0.717, 1.165) is 65.4 Å². The summed E-state index contributed by atoms with van der Waals surface area (Å²) in [5.41, 5.74) is 4.78. The van der Waals surface area contributed by atoms with Gasteiger partial charge >= 0.3 is 251 Å². The monoisotopic (exact) mass is 732 g/mol. The van der Waals surface area contributed by atoms with Gasteiger partial charge in [-0.3, -0.25) is 0 Å². The average Bonchev–Trinajstić information content (AvgIpc) is 3.56. The number of fused-ring (bicyclic) bond motifs is 1. The van der Waals surface area contributed by atoms with E-state index in [0.29, 0.717) is 21.7 Å². The van der Waals surface area contributed by atoms with Crippen LogP contribution in [0, 0.1) is 5.82 Å². The quantitative estimate of drug-likeness (QED) is 0.223. The van der Waals surface area contributed by atoms with E-state index in [1.54, 1.807) is 23.3 Å². The molecular weight excluding hydrogens is 707 g/mol. The molecule has 5 aromatic rings. The van der Waals surface area contributed by atoms with Gasteiger partial charge in [0.15, 0.2) is 0 Å². The zero-order valence-electron chi connectivity index (χ0n) is 22.5. The molecule has 1 aliphatic carbocycles. The van der Waals surface area contributed by atoms with Gasteiger partial charge in [-0.2, -0.15) is 0 Å². The standard InChI is InChI=1S/C30H25FN8O2.W/c1-18(9-20-10-21-15-36-38(2)27(21)11-25(20)22-13-34-35-14-22)12-32-17-33-30(41)28-29(40)26(16-39(37-28)24-7-8-24)19-3-5-23(31)6-4-19;/h3-6,10-16,24H,1,7-9H2,2H3,(H,33,41)(H,34,35);. The van der Waals surface area contributed by atoms with Gasteiger partial charge in [-0.15, -0.1) is 0 Å². The van der Waals surface area contributed by atoms with Crippen molar-refractivity contribution >= 4 is 27.2 Å². The maximum atomic E-state index is 13.5. The molecule has 0 radical (unpaired) electrons. The number of hydrogen-bond acceptors (Lipinski definition) is 6. The Morgan fingerprint density at radius 1 is 1.21 bits per heavy atom. The molecule has 12 heteroatoms. The van der Waals surface area contributed by atoms with E-state index in [1.165, 1.54) is 24.3 Å². The van der Waals surface area contributed by atoms with Crippen LogP contribution in [-0.4, -0.2) is 46.0 Å². The van der Waals surface area contributed by atoms with E-state index in [9.17, 15) is 14.0 Å². The summed E-state index contributed by atoms with van der Waals surface area (Å²) in [5, 5.41) is 19.4. The number of H-pyrrole nitrogens is 1. The average molecular weight is 732 g/mol. The fourth-order valence-corrected chi connectivity index (χ4v) is 5.23. The maximum absolute atomic E-state index is 13.5. The van der Waals surface area contributed by atoms with Crippen LogP contribution in [-0.2, 0) is 32.8 Å². The van der Waals surface area contributed by atoms with Crippen molar-refractivity contribution in [2.75, 3.05) is 0 Å². The number of hydrogen-bond donors (Lipinski definition) is 2. The van der Waals surface area contributed by atoms with E-state index in [-0.39, 0.29) is 11.7 Å². The molecule has 10 nitrogen and oxygen atoms in total. The number of rotatable bonds is 9. The number of aromatic amines is 1. The van der Waals surface area contributed by atoms with Crippen LogP contribution in [0.1, 0.15) is 34.9 Å². The number of halogens is 1. The zero-order valence-corrected chi connectivity index (χ0v) is 25.5. The summed E-state index contributed by atoms with van der Waals surface area (Å²) in [4.78, 5) is 30.9. The van der Waals surface area contributed by atoms with Gasteiger partial charge in [0.2, 0.25) is 0 Å². The van der Waals surface area contributed by atoms with E-state index < -0.39 is 17.2 Å². The summed E-state index contributed by atoms with van der Waals surface area (Å²) < 4.78 is 17.3. The number of aliphatic imine (C=N–C) groups is 1. The summed E-state index contributed by atoms with van der Waals surface area (Å²) in [5.74, 6) is -1.05. The molecule has 0 saturated heterocycles. The van der Waals surface area contributed by atoms with Crippen LogP contribution >= 0.6 is 0 Å². The molecule has 2 aromatic carbocycles. The van der Waals surface area contributed by atoms with Crippen molar-refractivity contribution in [3.63, 3.8) is 0 Å². The van der Waals surface area contributed by atoms with Crippen molar-refractivity contribution in [2.24, 2.45) is 12.0 Å². The molecule has 0 bridgehead atoms. The molecule has 6 rings (SSSR count). The number of carbonyl (C=O) groups is 1. The Kier molecular flexibility index (Phi) is 7.43. The molecular formula is C30H25FN8O2W. The van der Waals surface area contributed by atoms with Crippen molar-refractivity contribution < 1.29 is 28.5 Å². The third-order valence-corrected chi connectivity index (χ3v) is 7.76. The van der Waals surface area contributed by atoms with Crippen LogP contribution in [0.25, 0.3) is 33.2 Å². The van der Waals surface area contributed by atoms with E-state index in [2.05, 4.69) is 49.4 Å². The Balaban J connectivity index is 1.19. The topological polar surface area (TPSA) is 123 Å². The van der Waals surface area contributed by atoms with Crippen molar-refractivity contribution in [3.8, 4) is 22.3 Å². The first kappa shape index (κ1) is 27.5. The molecule has 1 saturated carbocycles.